The Morgan fingerprint density at radius 1 is 0.810 bits per heavy atom. The number of ether oxygens (including phenoxy) is 4. The van der Waals surface area contributed by atoms with Crippen LogP contribution in [0.4, 0.5) is 0 Å². The summed E-state index contributed by atoms with van der Waals surface area (Å²) in [5.41, 5.74) is 23.9. The number of nitrogens with two attached hydrogens (primary N) is 4. The van der Waals surface area contributed by atoms with Gasteiger partial charge in [0, 0.05) is 38.3 Å². The molecular weight excluding hydrogens is 564 g/mol. The van der Waals surface area contributed by atoms with Gasteiger partial charge in [-0.25, -0.2) is 0 Å². The van der Waals surface area contributed by atoms with E-state index in [4.69, 9.17) is 47.0 Å². The van der Waals surface area contributed by atoms with E-state index in [0.717, 1.165) is 0 Å². The molecule has 2 heterocycles. The van der Waals surface area contributed by atoms with Crippen LogP contribution in [0.1, 0.15) is 12.8 Å². The number of nitrogens with one attached hydrogen (secondary N) is 2. The molecule has 3 fully saturated rings. The lowest BCUT2D eigenvalue weighted by molar-refractivity contribution is -0.320. The average molecular weight is 615 g/mol. The van der Waals surface area contributed by atoms with E-state index in [1.807, 2.05) is 0 Å². The van der Waals surface area contributed by atoms with Crippen LogP contribution < -0.4 is 33.6 Å². The molecule has 3 aliphatic rings. The highest BCUT2D eigenvalue weighted by atomic mass is 16.7. The Kier molecular flexibility index (Phi) is 14.1. The van der Waals surface area contributed by atoms with Crippen LogP contribution in [0.15, 0.2) is 0 Å². The van der Waals surface area contributed by atoms with Crippen LogP contribution in [0.25, 0.3) is 0 Å². The Morgan fingerprint density at radius 2 is 1.48 bits per heavy atom. The number of hydrogen-bond donors (Lipinski definition) is 14. The van der Waals surface area contributed by atoms with Gasteiger partial charge in [-0.15, -0.1) is 0 Å². The highest BCUT2D eigenvalue weighted by molar-refractivity contribution is 5.03. The van der Waals surface area contributed by atoms with Gasteiger partial charge in [-0.1, -0.05) is 0 Å². The zero-order chi connectivity index (χ0) is 31.1. The Morgan fingerprint density at radius 3 is 2.12 bits per heavy atom. The van der Waals surface area contributed by atoms with Gasteiger partial charge < -0.3 is 93.4 Å². The van der Waals surface area contributed by atoms with Gasteiger partial charge >= 0.3 is 0 Å². The fraction of sp³-hybridized carbons (Fsp3) is 1.00. The van der Waals surface area contributed by atoms with Gasteiger partial charge in [0.05, 0.1) is 24.8 Å². The molecule has 18 heteroatoms. The lowest BCUT2D eigenvalue weighted by Gasteiger charge is -2.49. The van der Waals surface area contributed by atoms with Crippen molar-refractivity contribution in [1.29, 1.82) is 0 Å². The van der Waals surface area contributed by atoms with E-state index in [0.29, 0.717) is 13.0 Å². The Hall–Kier alpha value is -0.720. The predicted octanol–water partition coefficient (Wildman–Crippen LogP) is -8.36. The smallest absolute Gasteiger partial charge is 0.186 e. The molecule has 0 aromatic heterocycles. The first-order valence-electron chi connectivity index (χ1n) is 14.3. The molecule has 1 aliphatic carbocycles. The summed E-state index contributed by atoms with van der Waals surface area (Å²) in [5.74, 6) is 0. The molecular formula is C24H50N6O12. The molecule has 3 rings (SSSR count). The summed E-state index contributed by atoms with van der Waals surface area (Å²) in [6.45, 7) is -0.122. The molecule has 2 unspecified atom stereocenters. The number of aliphatic hydroxyl groups is 8. The van der Waals surface area contributed by atoms with Gasteiger partial charge in [-0.05, 0) is 19.4 Å². The van der Waals surface area contributed by atoms with Crippen LogP contribution >= 0.6 is 0 Å². The summed E-state index contributed by atoms with van der Waals surface area (Å²) in [7, 11) is 0. The van der Waals surface area contributed by atoms with Crippen molar-refractivity contribution in [3.8, 4) is 0 Å². The largest absolute Gasteiger partial charge is 0.396 e. The quantitative estimate of drug-likeness (QED) is 0.0807. The Balaban J connectivity index is 1.78. The normalized spacial score (nSPS) is 45.6. The number of rotatable bonds is 14. The number of aliphatic hydroxyl groups excluding tert-OH is 8. The summed E-state index contributed by atoms with van der Waals surface area (Å²) in [6, 6.07) is -4.01. The maximum absolute atomic E-state index is 11.5. The highest BCUT2D eigenvalue weighted by Crippen LogP contribution is 2.31. The van der Waals surface area contributed by atoms with E-state index in [9.17, 15) is 35.7 Å². The van der Waals surface area contributed by atoms with Crippen molar-refractivity contribution in [3.63, 3.8) is 0 Å². The van der Waals surface area contributed by atoms with Crippen molar-refractivity contribution in [2.75, 3.05) is 39.4 Å². The first-order valence-corrected chi connectivity index (χ1v) is 14.3. The summed E-state index contributed by atoms with van der Waals surface area (Å²) in [4.78, 5) is 0. The van der Waals surface area contributed by atoms with Crippen LogP contribution in [-0.4, -0.2) is 178 Å². The van der Waals surface area contributed by atoms with Gasteiger partial charge in [-0.2, -0.15) is 0 Å². The monoisotopic (exact) mass is 614 g/mol. The third kappa shape index (κ3) is 8.50. The SMILES string of the molecule is NCC(O)CN[C@@H]1C[C@H](N)C(O[C@H]2O[C@H](CNCCCO)[C@@H](O)[C@H](O)[C@H]2N)[C@H](O)[C@H]1O[C@H]1O[C@H](CO)[C@@H](O)[C@H](N)[C@H]1O. The first-order chi connectivity index (χ1) is 19.9. The van der Waals surface area contributed by atoms with E-state index in [-0.39, 0.29) is 32.7 Å². The molecule has 1 saturated carbocycles. The highest BCUT2D eigenvalue weighted by Gasteiger charge is 2.52. The first kappa shape index (κ1) is 35.8. The van der Waals surface area contributed by atoms with Crippen LogP contribution in [0.3, 0.4) is 0 Å². The van der Waals surface area contributed by atoms with E-state index >= 15 is 0 Å². The standard InChI is InChI=1S/C24H50N6O12/c25-5-9(33)6-30-11-4-10(26)21(20(38)22(11)42-24-19(37)14(27)16(34)13(8-32)40-24)41-23-15(28)18(36)17(35)12(39-23)7-29-2-1-3-31/h9-24,29-38H,1-8,25-28H2/t9?,10-,11+,12+,13+,14-,15+,16+,17+,18+,19+,20-,21?,22-,23+,24+/m0/s1. The molecule has 42 heavy (non-hydrogen) atoms. The third-order valence-corrected chi connectivity index (χ3v) is 8.03. The zero-order valence-electron chi connectivity index (χ0n) is 23.4. The van der Waals surface area contributed by atoms with E-state index in [1.54, 1.807) is 0 Å². The fourth-order valence-corrected chi connectivity index (χ4v) is 5.40. The average Bonchev–Trinajstić information content (AvgIpc) is 2.98. The second-order valence-corrected chi connectivity index (χ2v) is 11.2. The van der Waals surface area contributed by atoms with E-state index in [2.05, 4.69) is 10.6 Å². The van der Waals surface area contributed by atoms with Crippen molar-refractivity contribution in [2.24, 2.45) is 22.9 Å². The van der Waals surface area contributed by atoms with Crippen molar-refractivity contribution >= 4 is 0 Å². The van der Waals surface area contributed by atoms with Gasteiger partial charge in [0.1, 0.15) is 54.9 Å². The van der Waals surface area contributed by atoms with Crippen LogP contribution in [0.2, 0.25) is 0 Å². The van der Waals surface area contributed by atoms with Crippen molar-refractivity contribution in [1.82, 2.24) is 10.6 Å². The molecule has 0 spiro atoms. The molecule has 2 aliphatic heterocycles. The predicted molar refractivity (Wildman–Crippen MR) is 144 cm³/mol. The second-order valence-electron chi connectivity index (χ2n) is 11.2. The lowest BCUT2D eigenvalue weighted by atomic mass is 9.83. The summed E-state index contributed by atoms with van der Waals surface area (Å²) < 4.78 is 23.4. The van der Waals surface area contributed by atoms with Gasteiger partial charge in [0.25, 0.3) is 0 Å². The van der Waals surface area contributed by atoms with Gasteiger partial charge in [-0.3, -0.25) is 0 Å². The van der Waals surface area contributed by atoms with Crippen molar-refractivity contribution in [2.45, 2.75) is 111 Å². The van der Waals surface area contributed by atoms with Crippen molar-refractivity contribution < 1.29 is 59.8 Å². The molecule has 0 amide bonds. The molecule has 18 nitrogen and oxygen atoms in total. The zero-order valence-corrected chi connectivity index (χ0v) is 23.4. The maximum Gasteiger partial charge on any atom is 0.186 e. The van der Waals surface area contributed by atoms with Crippen LogP contribution in [-0.2, 0) is 18.9 Å². The Labute approximate surface area is 243 Å². The minimum atomic E-state index is -1.54. The maximum atomic E-state index is 11.5. The third-order valence-electron chi connectivity index (χ3n) is 8.03. The minimum absolute atomic E-state index is 0.0171. The van der Waals surface area contributed by atoms with Gasteiger partial charge in [0.2, 0.25) is 0 Å². The Bertz CT molecular complexity index is 794. The minimum Gasteiger partial charge on any atom is -0.396 e. The number of hydrogen-bond acceptors (Lipinski definition) is 18. The topological polar surface area (TPSA) is 327 Å². The summed E-state index contributed by atoms with van der Waals surface area (Å²) in [6.07, 6.45) is -14.8. The van der Waals surface area contributed by atoms with Crippen LogP contribution in [0.5, 0.6) is 0 Å². The summed E-state index contributed by atoms with van der Waals surface area (Å²) >= 11 is 0. The molecule has 2 saturated heterocycles. The summed E-state index contributed by atoms with van der Waals surface area (Å²) in [5, 5.41) is 88.0. The van der Waals surface area contributed by atoms with Crippen LogP contribution in [0, 0.1) is 0 Å². The van der Waals surface area contributed by atoms with Gasteiger partial charge in [0.15, 0.2) is 12.6 Å². The van der Waals surface area contributed by atoms with E-state index < -0.39 is 104 Å². The molecule has 0 aromatic carbocycles. The van der Waals surface area contributed by atoms with Crippen molar-refractivity contribution in [3.05, 3.63) is 0 Å². The van der Waals surface area contributed by atoms with E-state index in [1.165, 1.54) is 0 Å². The molecule has 0 aromatic rings. The molecule has 0 radical (unpaired) electrons. The fourth-order valence-electron chi connectivity index (χ4n) is 5.40. The molecule has 0 bridgehead atoms. The molecule has 16 atom stereocenters. The molecule has 248 valence electrons. The molecule has 18 N–H and O–H groups in total. The lowest BCUT2D eigenvalue weighted by Crippen LogP contribution is -2.70. The second kappa shape index (κ2) is 16.5.